The van der Waals surface area contributed by atoms with Gasteiger partial charge in [0.25, 0.3) is 0 Å². The van der Waals surface area contributed by atoms with E-state index in [1.807, 2.05) is 6.92 Å². The molecule has 0 aromatic rings. The summed E-state index contributed by atoms with van der Waals surface area (Å²) in [6, 6.07) is 0.0167. The number of carbonyl (C=O) groups excluding carboxylic acids is 1. The third-order valence-corrected chi connectivity index (χ3v) is 4.28. The quantitative estimate of drug-likeness (QED) is 0.857. The van der Waals surface area contributed by atoms with Gasteiger partial charge in [0.05, 0.1) is 5.92 Å². The second-order valence-corrected chi connectivity index (χ2v) is 5.68. The SMILES string of the molecule is CC1CSCCN1C(=O)CC(CCN)C(F)(F)F. The molecule has 1 fully saturated rings. The lowest BCUT2D eigenvalue weighted by Crippen LogP contribution is -2.46. The molecule has 106 valence electrons. The van der Waals surface area contributed by atoms with Crippen LogP contribution in [0.15, 0.2) is 0 Å². The van der Waals surface area contributed by atoms with Crippen molar-refractivity contribution in [1.29, 1.82) is 0 Å². The molecule has 18 heavy (non-hydrogen) atoms. The number of thioether (sulfide) groups is 1. The lowest BCUT2D eigenvalue weighted by atomic mass is 9.99. The summed E-state index contributed by atoms with van der Waals surface area (Å²) < 4.78 is 38.1. The lowest BCUT2D eigenvalue weighted by Gasteiger charge is -2.34. The van der Waals surface area contributed by atoms with Crippen LogP contribution in [0.2, 0.25) is 0 Å². The molecule has 2 unspecified atom stereocenters. The second-order valence-electron chi connectivity index (χ2n) is 4.53. The molecule has 2 N–H and O–H groups in total. The molecule has 2 atom stereocenters. The van der Waals surface area contributed by atoms with Crippen molar-refractivity contribution in [3.8, 4) is 0 Å². The number of hydrogen-bond donors (Lipinski definition) is 1. The van der Waals surface area contributed by atoms with E-state index in [1.54, 1.807) is 16.7 Å². The summed E-state index contributed by atoms with van der Waals surface area (Å²) in [5.41, 5.74) is 5.18. The average Bonchev–Trinajstić information content (AvgIpc) is 2.27. The Hall–Kier alpha value is -0.430. The molecule has 0 radical (unpaired) electrons. The number of alkyl halides is 3. The van der Waals surface area contributed by atoms with Gasteiger partial charge in [0.15, 0.2) is 0 Å². The average molecular weight is 284 g/mol. The molecule has 1 rings (SSSR count). The van der Waals surface area contributed by atoms with Crippen LogP contribution < -0.4 is 5.73 Å². The van der Waals surface area contributed by atoms with Crippen LogP contribution in [0.4, 0.5) is 13.2 Å². The van der Waals surface area contributed by atoms with E-state index >= 15 is 0 Å². The van der Waals surface area contributed by atoms with Crippen LogP contribution in [0, 0.1) is 5.92 Å². The molecule has 0 aromatic heterocycles. The van der Waals surface area contributed by atoms with Gasteiger partial charge in [-0.15, -0.1) is 0 Å². The standard InChI is InChI=1S/C11H19F3N2OS/c1-8-7-18-5-4-16(8)10(17)6-9(2-3-15)11(12,13)14/h8-9H,2-7,15H2,1H3. The Morgan fingerprint density at radius 2 is 2.22 bits per heavy atom. The fourth-order valence-corrected chi connectivity index (χ4v) is 3.02. The zero-order valence-electron chi connectivity index (χ0n) is 10.4. The van der Waals surface area contributed by atoms with Gasteiger partial charge in [-0.1, -0.05) is 0 Å². The Labute approximate surface area is 109 Å². The Morgan fingerprint density at radius 3 is 2.72 bits per heavy atom. The first kappa shape index (κ1) is 15.6. The minimum absolute atomic E-state index is 0.0167. The van der Waals surface area contributed by atoms with Crippen molar-refractivity contribution in [3.05, 3.63) is 0 Å². The first-order valence-electron chi connectivity index (χ1n) is 6.00. The summed E-state index contributed by atoms with van der Waals surface area (Å²) in [6.07, 6.45) is -5.01. The van der Waals surface area contributed by atoms with Crippen LogP contribution in [0.5, 0.6) is 0 Å². The highest BCUT2D eigenvalue weighted by molar-refractivity contribution is 7.99. The number of hydrogen-bond acceptors (Lipinski definition) is 3. The summed E-state index contributed by atoms with van der Waals surface area (Å²) in [7, 11) is 0. The Kier molecular flexibility index (Phi) is 5.78. The topological polar surface area (TPSA) is 46.3 Å². The third-order valence-electron chi connectivity index (χ3n) is 3.09. The van der Waals surface area contributed by atoms with Crippen molar-refractivity contribution in [3.63, 3.8) is 0 Å². The van der Waals surface area contributed by atoms with Gasteiger partial charge in [-0.2, -0.15) is 24.9 Å². The van der Waals surface area contributed by atoms with Crippen molar-refractivity contribution in [2.24, 2.45) is 11.7 Å². The third kappa shape index (κ3) is 4.35. The molecular formula is C11H19F3N2OS. The van der Waals surface area contributed by atoms with Gasteiger partial charge in [0.2, 0.25) is 5.91 Å². The number of halogens is 3. The van der Waals surface area contributed by atoms with E-state index in [0.717, 1.165) is 11.5 Å². The molecule has 0 aliphatic carbocycles. The molecule has 3 nitrogen and oxygen atoms in total. The molecule has 0 saturated carbocycles. The first-order valence-corrected chi connectivity index (χ1v) is 7.15. The molecule has 1 saturated heterocycles. The molecule has 0 spiro atoms. The largest absolute Gasteiger partial charge is 0.392 e. The summed E-state index contributed by atoms with van der Waals surface area (Å²) in [5, 5.41) is 0. The van der Waals surface area contributed by atoms with Crippen molar-refractivity contribution in [1.82, 2.24) is 4.90 Å². The molecule has 1 aliphatic rings. The first-order chi connectivity index (χ1) is 8.36. The van der Waals surface area contributed by atoms with E-state index < -0.39 is 24.4 Å². The Morgan fingerprint density at radius 1 is 1.56 bits per heavy atom. The van der Waals surface area contributed by atoms with Crippen LogP contribution in [0.25, 0.3) is 0 Å². The van der Waals surface area contributed by atoms with E-state index in [9.17, 15) is 18.0 Å². The molecule has 0 aromatic carbocycles. The molecule has 1 heterocycles. The highest BCUT2D eigenvalue weighted by Gasteiger charge is 2.41. The zero-order chi connectivity index (χ0) is 13.8. The number of nitrogens with two attached hydrogens (primary N) is 1. The van der Waals surface area contributed by atoms with Crippen LogP contribution in [-0.4, -0.2) is 47.6 Å². The number of carbonyl (C=O) groups is 1. The summed E-state index contributed by atoms with van der Waals surface area (Å²) in [6.45, 7) is 2.36. The summed E-state index contributed by atoms with van der Waals surface area (Å²) in [4.78, 5) is 13.5. The predicted molar refractivity (Wildman–Crippen MR) is 66.3 cm³/mol. The Balaban J connectivity index is 2.60. The van der Waals surface area contributed by atoms with Crippen LogP contribution in [0.1, 0.15) is 19.8 Å². The number of amides is 1. The summed E-state index contributed by atoms with van der Waals surface area (Å²) in [5.74, 6) is -0.432. The highest BCUT2D eigenvalue weighted by atomic mass is 32.2. The van der Waals surface area contributed by atoms with Gasteiger partial charge in [0.1, 0.15) is 0 Å². The maximum Gasteiger partial charge on any atom is 0.392 e. The molecule has 1 amide bonds. The van der Waals surface area contributed by atoms with Crippen LogP contribution in [-0.2, 0) is 4.79 Å². The van der Waals surface area contributed by atoms with E-state index in [1.165, 1.54) is 0 Å². The molecule has 7 heteroatoms. The Bertz CT molecular complexity index is 286. The molecular weight excluding hydrogens is 265 g/mol. The minimum Gasteiger partial charge on any atom is -0.338 e. The van der Waals surface area contributed by atoms with Gasteiger partial charge >= 0.3 is 6.18 Å². The second kappa shape index (κ2) is 6.65. The lowest BCUT2D eigenvalue weighted by molar-refractivity contribution is -0.182. The van der Waals surface area contributed by atoms with E-state index in [-0.39, 0.29) is 19.0 Å². The minimum atomic E-state index is -4.34. The van der Waals surface area contributed by atoms with Crippen LogP contribution >= 0.6 is 11.8 Å². The van der Waals surface area contributed by atoms with E-state index in [2.05, 4.69) is 0 Å². The van der Waals surface area contributed by atoms with Crippen molar-refractivity contribution < 1.29 is 18.0 Å². The molecule has 0 bridgehead atoms. The number of rotatable bonds is 4. The van der Waals surface area contributed by atoms with E-state index in [4.69, 9.17) is 5.73 Å². The van der Waals surface area contributed by atoms with Gasteiger partial charge < -0.3 is 10.6 Å². The predicted octanol–water partition coefficient (Wildman–Crippen LogP) is 1.87. The number of nitrogens with zero attached hydrogens (tertiary/aromatic N) is 1. The van der Waals surface area contributed by atoms with Crippen molar-refractivity contribution >= 4 is 17.7 Å². The maximum atomic E-state index is 12.7. The maximum absolute atomic E-state index is 12.7. The zero-order valence-corrected chi connectivity index (χ0v) is 11.2. The van der Waals surface area contributed by atoms with Gasteiger partial charge in [-0.3, -0.25) is 4.79 Å². The van der Waals surface area contributed by atoms with Gasteiger partial charge in [0, 0.05) is 30.5 Å². The summed E-state index contributed by atoms with van der Waals surface area (Å²) >= 11 is 1.72. The smallest absolute Gasteiger partial charge is 0.338 e. The normalized spacial score (nSPS) is 22.9. The van der Waals surface area contributed by atoms with Crippen molar-refractivity contribution in [2.75, 3.05) is 24.6 Å². The van der Waals surface area contributed by atoms with Crippen molar-refractivity contribution in [2.45, 2.75) is 32.0 Å². The van der Waals surface area contributed by atoms with Gasteiger partial charge in [-0.25, -0.2) is 0 Å². The van der Waals surface area contributed by atoms with E-state index in [0.29, 0.717) is 6.54 Å². The van der Waals surface area contributed by atoms with Crippen LogP contribution in [0.3, 0.4) is 0 Å². The van der Waals surface area contributed by atoms with Gasteiger partial charge in [-0.05, 0) is 19.9 Å². The monoisotopic (exact) mass is 284 g/mol. The fourth-order valence-electron chi connectivity index (χ4n) is 2.01. The highest BCUT2D eigenvalue weighted by Crippen LogP contribution is 2.32. The molecule has 1 aliphatic heterocycles. The fraction of sp³-hybridized carbons (Fsp3) is 0.909.